The maximum absolute atomic E-state index is 12.8. The predicted octanol–water partition coefficient (Wildman–Crippen LogP) is 1.70. The Labute approximate surface area is 158 Å². The predicted molar refractivity (Wildman–Crippen MR) is 102 cm³/mol. The number of hydrogen-bond donors (Lipinski definition) is 1. The zero-order valence-electron chi connectivity index (χ0n) is 16.8. The van der Waals surface area contributed by atoms with Gasteiger partial charge in [0.2, 0.25) is 5.91 Å². The molecular weight excluding hydrogens is 330 g/mol. The second-order valence-corrected chi connectivity index (χ2v) is 8.55. The van der Waals surface area contributed by atoms with E-state index in [-0.39, 0.29) is 17.6 Å². The highest BCUT2D eigenvalue weighted by atomic mass is 16.7. The molecule has 0 radical (unpaired) electrons. The Bertz CT molecular complexity index is 465. The lowest BCUT2D eigenvalue weighted by Gasteiger charge is -2.50. The van der Waals surface area contributed by atoms with Crippen molar-refractivity contribution in [2.75, 3.05) is 53.5 Å². The van der Waals surface area contributed by atoms with Gasteiger partial charge < -0.3 is 19.7 Å². The first-order valence-electron chi connectivity index (χ1n) is 10.5. The van der Waals surface area contributed by atoms with E-state index in [4.69, 9.17) is 9.47 Å². The van der Waals surface area contributed by atoms with Crippen LogP contribution in [0.1, 0.15) is 45.4 Å². The molecule has 1 spiro atoms. The van der Waals surface area contributed by atoms with Crippen molar-refractivity contribution < 1.29 is 14.3 Å². The molecule has 0 bridgehead atoms. The first-order chi connectivity index (χ1) is 12.5. The number of amides is 1. The van der Waals surface area contributed by atoms with E-state index >= 15 is 0 Å². The molecule has 1 amide bonds. The molecule has 6 heteroatoms. The molecule has 150 valence electrons. The molecule has 0 aromatic heterocycles. The zero-order valence-corrected chi connectivity index (χ0v) is 16.8. The summed E-state index contributed by atoms with van der Waals surface area (Å²) >= 11 is 0. The number of carbonyl (C=O) groups is 1. The molecule has 26 heavy (non-hydrogen) atoms. The molecule has 1 saturated carbocycles. The maximum Gasteiger partial charge on any atom is 0.224 e. The number of carbonyl (C=O) groups excluding carboxylic acids is 1. The van der Waals surface area contributed by atoms with Gasteiger partial charge in [0.15, 0.2) is 5.79 Å². The number of rotatable bonds is 7. The summed E-state index contributed by atoms with van der Waals surface area (Å²) in [6.45, 7) is 7.43. The van der Waals surface area contributed by atoms with Crippen LogP contribution in [-0.4, -0.2) is 81.0 Å². The molecule has 3 fully saturated rings. The van der Waals surface area contributed by atoms with Gasteiger partial charge in [-0.1, -0.05) is 6.92 Å². The minimum Gasteiger partial charge on any atom is -0.356 e. The third kappa shape index (κ3) is 4.77. The first kappa shape index (κ1) is 20.1. The molecule has 1 aliphatic carbocycles. The topological polar surface area (TPSA) is 54.0 Å². The lowest BCUT2D eigenvalue weighted by Crippen LogP contribution is -2.57. The third-order valence-corrected chi connectivity index (χ3v) is 6.23. The van der Waals surface area contributed by atoms with Gasteiger partial charge in [0, 0.05) is 32.0 Å². The van der Waals surface area contributed by atoms with Gasteiger partial charge in [0.1, 0.15) is 0 Å². The van der Waals surface area contributed by atoms with E-state index in [1.54, 1.807) is 0 Å². The average molecular weight is 368 g/mol. The summed E-state index contributed by atoms with van der Waals surface area (Å²) in [6, 6.07) is 0.589. The molecule has 2 saturated heterocycles. The summed E-state index contributed by atoms with van der Waals surface area (Å²) in [6.07, 6.45) is 6.18. The van der Waals surface area contributed by atoms with Crippen molar-refractivity contribution in [3.8, 4) is 0 Å². The Kier molecular flexibility index (Phi) is 6.94. The van der Waals surface area contributed by atoms with Crippen LogP contribution in [0, 0.1) is 11.8 Å². The summed E-state index contributed by atoms with van der Waals surface area (Å²) in [5, 5.41) is 3.17. The number of piperidine rings is 1. The van der Waals surface area contributed by atoms with Crippen LogP contribution in [0.25, 0.3) is 0 Å². The fourth-order valence-corrected chi connectivity index (χ4v) is 5.07. The van der Waals surface area contributed by atoms with Crippen LogP contribution in [-0.2, 0) is 14.3 Å². The second kappa shape index (κ2) is 9.00. The van der Waals surface area contributed by atoms with Crippen LogP contribution in [0.3, 0.4) is 0 Å². The Hall–Kier alpha value is -0.690. The van der Waals surface area contributed by atoms with Crippen molar-refractivity contribution in [1.82, 2.24) is 15.1 Å². The van der Waals surface area contributed by atoms with E-state index < -0.39 is 0 Å². The van der Waals surface area contributed by atoms with E-state index in [9.17, 15) is 4.79 Å². The molecule has 0 unspecified atom stereocenters. The van der Waals surface area contributed by atoms with Gasteiger partial charge in [-0.2, -0.15) is 0 Å². The van der Waals surface area contributed by atoms with Crippen molar-refractivity contribution >= 4 is 5.91 Å². The van der Waals surface area contributed by atoms with Crippen LogP contribution < -0.4 is 5.32 Å². The lowest BCUT2D eigenvalue weighted by atomic mass is 9.72. The lowest BCUT2D eigenvalue weighted by molar-refractivity contribution is -0.203. The minimum absolute atomic E-state index is 0.0960. The Morgan fingerprint density at radius 2 is 2.08 bits per heavy atom. The van der Waals surface area contributed by atoms with E-state index in [1.807, 2.05) is 0 Å². The van der Waals surface area contributed by atoms with Gasteiger partial charge in [0.25, 0.3) is 0 Å². The van der Waals surface area contributed by atoms with E-state index in [0.717, 1.165) is 64.7 Å². The molecule has 3 aliphatic rings. The third-order valence-electron chi connectivity index (χ3n) is 6.23. The Balaban J connectivity index is 1.58. The Morgan fingerprint density at radius 3 is 2.77 bits per heavy atom. The number of ether oxygens (including phenoxy) is 2. The SMILES string of the molecule is CCCN1C[C@H](C(=O)NCCCN(C)C)C[C@@H]2CC3(CC[C@H]21)OCCO3. The molecular formula is C20H37N3O3. The van der Waals surface area contributed by atoms with Crippen molar-refractivity contribution in [3.05, 3.63) is 0 Å². The van der Waals surface area contributed by atoms with Crippen molar-refractivity contribution in [2.24, 2.45) is 11.8 Å². The van der Waals surface area contributed by atoms with Crippen LogP contribution in [0.15, 0.2) is 0 Å². The summed E-state index contributed by atoms with van der Waals surface area (Å²) in [5.41, 5.74) is 0. The van der Waals surface area contributed by atoms with Crippen LogP contribution in [0.4, 0.5) is 0 Å². The first-order valence-corrected chi connectivity index (χ1v) is 10.5. The molecule has 1 N–H and O–H groups in total. The smallest absolute Gasteiger partial charge is 0.224 e. The van der Waals surface area contributed by atoms with Crippen LogP contribution in [0.2, 0.25) is 0 Å². The molecule has 2 aliphatic heterocycles. The fraction of sp³-hybridized carbons (Fsp3) is 0.950. The summed E-state index contributed by atoms with van der Waals surface area (Å²) in [7, 11) is 4.13. The van der Waals surface area contributed by atoms with E-state index in [1.165, 1.54) is 0 Å². The fourth-order valence-electron chi connectivity index (χ4n) is 5.07. The van der Waals surface area contributed by atoms with Crippen molar-refractivity contribution in [1.29, 1.82) is 0 Å². The van der Waals surface area contributed by atoms with Gasteiger partial charge in [-0.25, -0.2) is 0 Å². The monoisotopic (exact) mass is 367 g/mol. The average Bonchev–Trinajstić information content (AvgIpc) is 3.05. The van der Waals surface area contributed by atoms with E-state index in [2.05, 4.69) is 36.1 Å². The zero-order chi connectivity index (χ0) is 18.6. The number of hydrogen-bond acceptors (Lipinski definition) is 5. The molecule has 0 aromatic carbocycles. The molecule has 6 nitrogen and oxygen atoms in total. The highest BCUT2D eigenvalue weighted by Gasteiger charge is 2.49. The standard InChI is InChI=1S/C20H37N3O3/c1-4-9-23-15-17(19(24)21-8-5-10-22(2)3)13-16-14-20(7-6-18(16)23)25-11-12-26-20/h16-18H,4-15H2,1-3H3,(H,21,24)/t16-,17-,18-/m1/s1. The maximum atomic E-state index is 12.8. The highest BCUT2D eigenvalue weighted by Crippen LogP contribution is 2.45. The number of nitrogens with zero attached hydrogens (tertiary/aromatic N) is 2. The number of fused-ring (bicyclic) bond motifs is 1. The van der Waals surface area contributed by atoms with Crippen molar-refractivity contribution in [2.45, 2.75) is 57.3 Å². The summed E-state index contributed by atoms with van der Waals surface area (Å²) in [4.78, 5) is 17.5. The van der Waals surface area contributed by atoms with Gasteiger partial charge >= 0.3 is 0 Å². The largest absolute Gasteiger partial charge is 0.356 e. The van der Waals surface area contributed by atoms with Crippen LogP contribution >= 0.6 is 0 Å². The van der Waals surface area contributed by atoms with E-state index in [0.29, 0.717) is 25.2 Å². The normalized spacial score (nSPS) is 31.3. The van der Waals surface area contributed by atoms with Crippen molar-refractivity contribution in [3.63, 3.8) is 0 Å². The minimum atomic E-state index is -0.358. The van der Waals surface area contributed by atoms with Crippen LogP contribution in [0.5, 0.6) is 0 Å². The highest BCUT2D eigenvalue weighted by molar-refractivity contribution is 5.79. The van der Waals surface area contributed by atoms with Gasteiger partial charge in [-0.3, -0.25) is 9.69 Å². The molecule has 3 rings (SSSR count). The molecule has 2 heterocycles. The Morgan fingerprint density at radius 1 is 1.31 bits per heavy atom. The van der Waals surface area contributed by atoms with Gasteiger partial charge in [-0.15, -0.1) is 0 Å². The quantitative estimate of drug-likeness (QED) is 0.694. The summed E-state index contributed by atoms with van der Waals surface area (Å²) in [5.74, 6) is 0.470. The molecule has 0 aromatic rings. The van der Waals surface area contributed by atoms with Gasteiger partial charge in [-0.05, 0) is 58.8 Å². The second-order valence-electron chi connectivity index (χ2n) is 8.55. The summed E-state index contributed by atoms with van der Waals surface area (Å²) < 4.78 is 12.0. The number of likely N-dealkylation sites (tertiary alicyclic amines) is 1. The van der Waals surface area contributed by atoms with Gasteiger partial charge in [0.05, 0.1) is 19.1 Å². The molecule has 3 atom stereocenters. The number of nitrogens with one attached hydrogen (secondary N) is 1.